The van der Waals surface area contributed by atoms with Crippen LogP contribution < -0.4 is 15.4 Å². The average molecular weight is 402 g/mol. The second-order valence-corrected chi connectivity index (χ2v) is 5.96. The Labute approximate surface area is 169 Å². The van der Waals surface area contributed by atoms with Crippen molar-refractivity contribution in [3.05, 3.63) is 59.7 Å². The third-order valence-electron chi connectivity index (χ3n) is 3.59. The fourth-order valence-electron chi connectivity index (χ4n) is 2.24. The summed E-state index contributed by atoms with van der Waals surface area (Å²) in [5.41, 5.74) is 1.47. The van der Waals surface area contributed by atoms with Gasteiger partial charge in [-0.3, -0.25) is 10.1 Å². The number of anilines is 1. The Kier molecular flexibility index (Phi) is 8.38. The van der Waals surface area contributed by atoms with Gasteiger partial charge in [0.25, 0.3) is 5.91 Å². The van der Waals surface area contributed by atoms with E-state index in [1.54, 1.807) is 48.5 Å². The number of thiocarbonyl (C=S) groups is 1. The molecule has 28 heavy (non-hydrogen) atoms. The van der Waals surface area contributed by atoms with Crippen molar-refractivity contribution in [3.8, 4) is 5.75 Å². The van der Waals surface area contributed by atoms with Crippen molar-refractivity contribution < 1.29 is 23.8 Å². The van der Waals surface area contributed by atoms with E-state index in [1.807, 2.05) is 6.92 Å². The van der Waals surface area contributed by atoms with E-state index in [0.29, 0.717) is 42.4 Å². The molecule has 0 atom stereocenters. The lowest BCUT2D eigenvalue weighted by Gasteiger charge is -2.11. The van der Waals surface area contributed by atoms with E-state index < -0.39 is 5.97 Å². The number of rotatable bonds is 8. The Morgan fingerprint density at radius 3 is 2.46 bits per heavy atom. The lowest BCUT2D eigenvalue weighted by atomic mass is 10.2. The normalized spacial score (nSPS) is 10.1. The summed E-state index contributed by atoms with van der Waals surface area (Å²) in [5, 5.41) is 5.63. The molecule has 0 aromatic heterocycles. The lowest BCUT2D eigenvalue weighted by molar-refractivity contribution is 0.0600. The molecule has 0 aliphatic rings. The van der Waals surface area contributed by atoms with Gasteiger partial charge < -0.3 is 19.5 Å². The zero-order valence-corrected chi connectivity index (χ0v) is 16.5. The van der Waals surface area contributed by atoms with Gasteiger partial charge in [-0.2, -0.15) is 0 Å². The Balaban J connectivity index is 1.89. The standard InChI is InChI=1S/C20H22N2O5S/c1-3-26-11-12-27-17-6-4-5-15(13-17)18(23)22-20(28)21-16-9-7-14(8-10-16)19(24)25-2/h4-10,13H,3,11-12H2,1-2H3,(H2,21,22,23,28). The van der Waals surface area contributed by atoms with Crippen molar-refractivity contribution in [1.82, 2.24) is 5.32 Å². The first kappa shape index (κ1) is 21.3. The molecule has 1 amide bonds. The number of carbonyl (C=O) groups is 2. The third kappa shape index (κ3) is 6.64. The van der Waals surface area contributed by atoms with Gasteiger partial charge in [0.05, 0.1) is 19.3 Å². The number of hydrogen-bond acceptors (Lipinski definition) is 6. The molecule has 0 radical (unpaired) electrons. The molecule has 2 N–H and O–H groups in total. The molecule has 2 aromatic carbocycles. The molecule has 2 aromatic rings. The predicted octanol–water partition coefficient (Wildman–Crippen LogP) is 3.02. The Hall–Kier alpha value is -2.97. The van der Waals surface area contributed by atoms with E-state index in [0.717, 1.165) is 0 Å². The molecular weight excluding hydrogens is 380 g/mol. The number of methoxy groups -OCH3 is 1. The van der Waals surface area contributed by atoms with Gasteiger partial charge in [0.2, 0.25) is 0 Å². The first-order valence-electron chi connectivity index (χ1n) is 8.64. The van der Waals surface area contributed by atoms with Crippen LogP contribution in [0.5, 0.6) is 5.75 Å². The van der Waals surface area contributed by atoms with Crippen molar-refractivity contribution in [3.63, 3.8) is 0 Å². The minimum absolute atomic E-state index is 0.137. The van der Waals surface area contributed by atoms with Gasteiger partial charge >= 0.3 is 5.97 Å². The van der Waals surface area contributed by atoms with Gasteiger partial charge in [-0.25, -0.2) is 4.79 Å². The second-order valence-electron chi connectivity index (χ2n) is 5.55. The summed E-state index contributed by atoms with van der Waals surface area (Å²) in [4.78, 5) is 23.8. The van der Waals surface area contributed by atoms with E-state index in [1.165, 1.54) is 7.11 Å². The van der Waals surface area contributed by atoms with Crippen LogP contribution in [0.1, 0.15) is 27.6 Å². The average Bonchev–Trinajstić information content (AvgIpc) is 2.71. The van der Waals surface area contributed by atoms with Crippen molar-refractivity contribution in [2.75, 3.05) is 32.2 Å². The predicted molar refractivity (Wildman–Crippen MR) is 110 cm³/mol. The molecule has 0 spiro atoms. The smallest absolute Gasteiger partial charge is 0.337 e. The topological polar surface area (TPSA) is 85.9 Å². The van der Waals surface area contributed by atoms with Gasteiger partial charge in [-0.05, 0) is 61.6 Å². The fourth-order valence-corrected chi connectivity index (χ4v) is 2.45. The highest BCUT2D eigenvalue weighted by Crippen LogP contribution is 2.14. The number of hydrogen-bond donors (Lipinski definition) is 2. The van der Waals surface area contributed by atoms with Crippen LogP contribution in [0.2, 0.25) is 0 Å². The number of nitrogens with one attached hydrogen (secondary N) is 2. The van der Waals surface area contributed by atoms with Crippen LogP contribution in [0.15, 0.2) is 48.5 Å². The zero-order chi connectivity index (χ0) is 20.4. The minimum atomic E-state index is -0.425. The molecule has 0 aliphatic heterocycles. The highest BCUT2D eigenvalue weighted by atomic mass is 32.1. The van der Waals surface area contributed by atoms with Crippen molar-refractivity contribution in [2.24, 2.45) is 0 Å². The van der Waals surface area contributed by atoms with Gasteiger partial charge in [0.15, 0.2) is 5.11 Å². The van der Waals surface area contributed by atoms with Crippen molar-refractivity contribution in [1.29, 1.82) is 0 Å². The first-order chi connectivity index (χ1) is 13.5. The monoisotopic (exact) mass is 402 g/mol. The molecule has 2 rings (SSSR count). The van der Waals surface area contributed by atoms with E-state index >= 15 is 0 Å². The van der Waals surface area contributed by atoms with Gasteiger partial charge in [-0.1, -0.05) is 6.07 Å². The van der Waals surface area contributed by atoms with Crippen LogP contribution >= 0.6 is 12.2 Å². The van der Waals surface area contributed by atoms with Crippen LogP contribution in [0.4, 0.5) is 5.69 Å². The van der Waals surface area contributed by atoms with E-state index in [-0.39, 0.29) is 11.0 Å². The van der Waals surface area contributed by atoms with Crippen LogP contribution in [0.25, 0.3) is 0 Å². The molecule has 0 saturated heterocycles. The quantitative estimate of drug-likeness (QED) is 0.399. The second kappa shape index (κ2) is 11.0. The zero-order valence-electron chi connectivity index (χ0n) is 15.7. The van der Waals surface area contributed by atoms with E-state index in [4.69, 9.17) is 21.7 Å². The summed E-state index contributed by atoms with van der Waals surface area (Å²) in [7, 11) is 1.32. The first-order valence-corrected chi connectivity index (χ1v) is 9.05. The van der Waals surface area contributed by atoms with Gasteiger partial charge in [0.1, 0.15) is 12.4 Å². The molecule has 0 saturated carbocycles. The molecule has 0 fully saturated rings. The summed E-state index contributed by atoms with van der Waals surface area (Å²) in [5.74, 6) is -0.214. The number of ether oxygens (including phenoxy) is 3. The van der Waals surface area contributed by atoms with Crippen molar-refractivity contribution >= 4 is 34.9 Å². The Morgan fingerprint density at radius 1 is 1.04 bits per heavy atom. The lowest BCUT2D eigenvalue weighted by Crippen LogP contribution is -2.34. The SMILES string of the molecule is CCOCCOc1cccc(C(=O)NC(=S)Nc2ccc(C(=O)OC)cc2)c1. The number of benzene rings is 2. The number of carbonyl (C=O) groups excluding carboxylic acids is 2. The number of amides is 1. The molecule has 8 heteroatoms. The summed E-state index contributed by atoms with van der Waals surface area (Å²) >= 11 is 5.17. The van der Waals surface area contributed by atoms with Crippen LogP contribution in [-0.4, -0.2) is 43.9 Å². The fraction of sp³-hybridized carbons (Fsp3) is 0.250. The van der Waals surface area contributed by atoms with Gasteiger partial charge in [-0.15, -0.1) is 0 Å². The third-order valence-corrected chi connectivity index (χ3v) is 3.79. The van der Waals surface area contributed by atoms with Crippen LogP contribution in [0.3, 0.4) is 0 Å². The molecule has 0 heterocycles. The molecule has 0 unspecified atom stereocenters. The maximum Gasteiger partial charge on any atom is 0.337 e. The van der Waals surface area contributed by atoms with Crippen molar-refractivity contribution in [2.45, 2.75) is 6.92 Å². The largest absolute Gasteiger partial charge is 0.491 e. The highest BCUT2D eigenvalue weighted by Gasteiger charge is 2.10. The maximum atomic E-state index is 12.4. The van der Waals surface area contributed by atoms with E-state index in [2.05, 4.69) is 15.4 Å². The summed E-state index contributed by atoms with van der Waals surface area (Å²) in [6.45, 7) is 3.42. The summed E-state index contributed by atoms with van der Waals surface area (Å²) in [6.07, 6.45) is 0. The highest BCUT2D eigenvalue weighted by molar-refractivity contribution is 7.80. The molecule has 0 aliphatic carbocycles. The number of esters is 1. The van der Waals surface area contributed by atoms with Gasteiger partial charge in [0, 0.05) is 17.9 Å². The summed E-state index contributed by atoms with van der Waals surface area (Å²) < 4.78 is 15.4. The molecule has 7 nitrogen and oxygen atoms in total. The van der Waals surface area contributed by atoms with Crippen LogP contribution in [0, 0.1) is 0 Å². The molecule has 0 bridgehead atoms. The Morgan fingerprint density at radius 2 is 1.79 bits per heavy atom. The van der Waals surface area contributed by atoms with E-state index in [9.17, 15) is 9.59 Å². The minimum Gasteiger partial charge on any atom is -0.491 e. The Bertz CT molecular complexity index is 824. The molecule has 148 valence electrons. The molecular formula is C20H22N2O5S. The van der Waals surface area contributed by atoms with Crippen LogP contribution in [-0.2, 0) is 9.47 Å². The maximum absolute atomic E-state index is 12.4. The summed E-state index contributed by atoms with van der Waals surface area (Å²) in [6, 6.07) is 13.3.